The lowest BCUT2D eigenvalue weighted by Crippen LogP contribution is -2.49. The van der Waals surface area contributed by atoms with Crippen LogP contribution >= 0.6 is 12.2 Å². The molecule has 2 aliphatic carbocycles. The summed E-state index contributed by atoms with van der Waals surface area (Å²) in [6, 6.07) is 9.50. The normalized spacial score (nSPS) is 19.9. The molecule has 0 radical (unpaired) electrons. The van der Waals surface area contributed by atoms with Crippen molar-refractivity contribution in [1.29, 1.82) is 0 Å². The quantitative estimate of drug-likeness (QED) is 0.632. The first kappa shape index (κ1) is 17.7. The molecule has 2 fully saturated rings. The fourth-order valence-electron chi connectivity index (χ4n) is 4.36. The molecule has 0 heterocycles. The van der Waals surface area contributed by atoms with Gasteiger partial charge in [0.1, 0.15) is 5.75 Å². The summed E-state index contributed by atoms with van der Waals surface area (Å²) in [7, 11) is 0. The summed E-state index contributed by atoms with van der Waals surface area (Å²) in [5, 5.41) is 0.717. The molecule has 3 rings (SSSR count). The van der Waals surface area contributed by atoms with E-state index in [1.807, 2.05) is 6.07 Å². The third-order valence-electron chi connectivity index (χ3n) is 5.70. The molecule has 24 heavy (non-hydrogen) atoms. The number of para-hydroxylation sites is 1. The van der Waals surface area contributed by atoms with Crippen LogP contribution in [-0.2, 0) is 6.42 Å². The number of aryl methyl sites for hydroxylation is 1. The standard InChI is InChI=1S/C21H31NOS/c1-2-17-11-9-10-16-20(17)23-21(24)22(18-12-5-3-6-13-18)19-14-7-4-8-15-19/h9-11,16,18-19H,2-8,12-15H2,1H3. The Kier molecular flexibility index (Phi) is 6.53. The van der Waals surface area contributed by atoms with Crippen LogP contribution in [0.15, 0.2) is 24.3 Å². The zero-order chi connectivity index (χ0) is 16.8. The average molecular weight is 346 g/mol. The maximum absolute atomic E-state index is 6.26. The van der Waals surface area contributed by atoms with E-state index < -0.39 is 0 Å². The minimum Gasteiger partial charge on any atom is -0.431 e. The zero-order valence-electron chi connectivity index (χ0n) is 15.0. The van der Waals surface area contributed by atoms with E-state index in [9.17, 15) is 0 Å². The Balaban J connectivity index is 1.76. The van der Waals surface area contributed by atoms with Gasteiger partial charge in [-0.2, -0.15) is 0 Å². The molecule has 0 amide bonds. The monoisotopic (exact) mass is 345 g/mol. The van der Waals surface area contributed by atoms with Crippen LogP contribution in [0.25, 0.3) is 0 Å². The van der Waals surface area contributed by atoms with Gasteiger partial charge in [-0.3, -0.25) is 0 Å². The summed E-state index contributed by atoms with van der Waals surface area (Å²) in [6.45, 7) is 2.17. The molecule has 0 saturated heterocycles. The molecule has 3 heteroatoms. The third kappa shape index (κ3) is 4.30. The van der Waals surface area contributed by atoms with Crippen molar-refractivity contribution < 1.29 is 4.74 Å². The molecule has 0 aliphatic heterocycles. The maximum atomic E-state index is 6.26. The van der Waals surface area contributed by atoms with Gasteiger partial charge in [-0.05, 0) is 56.0 Å². The number of benzene rings is 1. The van der Waals surface area contributed by atoms with Gasteiger partial charge in [0.25, 0.3) is 5.17 Å². The lowest BCUT2D eigenvalue weighted by molar-refractivity contribution is 0.140. The van der Waals surface area contributed by atoms with Gasteiger partial charge in [0.15, 0.2) is 0 Å². The van der Waals surface area contributed by atoms with E-state index in [0.717, 1.165) is 17.3 Å². The van der Waals surface area contributed by atoms with Gasteiger partial charge in [-0.15, -0.1) is 0 Å². The highest BCUT2D eigenvalue weighted by molar-refractivity contribution is 7.80. The molecule has 0 N–H and O–H groups in total. The van der Waals surface area contributed by atoms with Crippen molar-refractivity contribution in [1.82, 2.24) is 4.90 Å². The molecule has 0 aromatic heterocycles. The molecule has 2 aliphatic rings. The number of hydrogen-bond acceptors (Lipinski definition) is 2. The molecule has 0 spiro atoms. The lowest BCUT2D eigenvalue weighted by atomic mass is 9.89. The Hall–Kier alpha value is -1.09. The van der Waals surface area contributed by atoms with Crippen molar-refractivity contribution in [2.24, 2.45) is 0 Å². The first-order valence-corrected chi connectivity index (χ1v) is 10.3. The van der Waals surface area contributed by atoms with E-state index in [0.29, 0.717) is 12.1 Å². The van der Waals surface area contributed by atoms with Crippen molar-refractivity contribution in [3.05, 3.63) is 29.8 Å². The van der Waals surface area contributed by atoms with Gasteiger partial charge in [-0.1, -0.05) is 63.6 Å². The van der Waals surface area contributed by atoms with Crippen molar-refractivity contribution in [2.75, 3.05) is 0 Å². The Bertz CT molecular complexity index is 514. The Morgan fingerprint density at radius 1 is 0.958 bits per heavy atom. The van der Waals surface area contributed by atoms with Crippen molar-refractivity contribution in [3.8, 4) is 5.75 Å². The van der Waals surface area contributed by atoms with E-state index >= 15 is 0 Å². The number of rotatable bonds is 4. The molecular weight excluding hydrogens is 314 g/mol. The van der Waals surface area contributed by atoms with Gasteiger partial charge in [0, 0.05) is 12.1 Å². The highest BCUT2D eigenvalue weighted by Gasteiger charge is 2.31. The Morgan fingerprint density at radius 3 is 2.04 bits per heavy atom. The number of thiocarbonyl (C=S) groups is 1. The van der Waals surface area contributed by atoms with Crippen molar-refractivity contribution in [3.63, 3.8) is 0 Å². The molecule has 2 nitrogen and oxygen atoms in total. The highest BCUT2D eigenvalue weighted by Crippen LogP contribution is 2.31. The van der Waals surface area contributed by atoms with E-state index in [4.69, 9.17) is 17.0 Å². The lowest BCUT2D eigenvalue weighted by Gasteiger charge is -2.42. The molecule has 0 bridgehead atoms. The highest BCUT2D eigenvalue weighted by atomic mass is 32.1. The first-order valence-electron chi connectivity index (χ1n) is 9.87. The second-order valence-corrected chi connectivity index (χ2v) is 7.67. The fraction of sp³-hybridized carbons (Fsp3) is 0.667. The van der Waals surface area contributed by atoms with Gasteiger partial charge in [0.2, 0.25) is 0 Å². The van der Waals surface area contributed by atoms with Gasteiger partial charge in [-0.25, -0.2) is 0 Å². The SMILES string of the molecule is CCc1ccccc1OC(=S)N(C1CCCCC1)C1CCCCC1. The summed E-state index contributed by atoms with van der Waals surface area (Å²) >= 11 is 5.83. The summed E-state index contributed by atoms with van der Waals surface area (Å²) in [4.78, 5) is 2.50. The molecule has 2 saturated carbocycles. The average Bonchev–Trinajstić information content (AvgIpc) is 2.64. The largest absolute Gasteiger partial charge is 0.431 e. The van der Waals surface area contributed by atoms with Gasteiger partial charge in [0.05, 0.1) is 0 Å². The van der Waals surface area contributed by atoms with Crippen LogP contribution in [0.2, 0.25) is 0 Å². The third-order valence-corrected chi connectivity index (χ3v) is 5.99. The minimum absolute atomic E-state index is 0.586. The van der Waals surface area contributed by atoms with Crippen molar-refractivity contribution in [2.45, 2.75) is 89.6 Å². The van der Waals surface area contributed by atoms with E-state index in [1.54, 1.807) is 0 Å². The number of nitrogens with zero attached hydrogens (tertiary/aromatic N) is 1. The molecule has 1 aromatic carbocycles. The number of hydrogen-bond donors (Lipinski definition) is 0. The first-order chi connectivity index (χ1) is 11.8. The smallest absolute Gasteiger partial charge is 0.265 e. The fourth-order valence-corrected chi connectivity index (χ4v) is 4.74. The van der Waals surface area contributed by atoms with Gasteiger partial charge < -0.3 is 9.64 Å². The zero-order valence-corrected chi connectivity index (χ0v) is 15.8. The summed E-state index contributed by atoms with van der Waals surface area (Å²) in [5.74, 6) is 0.946. The van der Waals surface area contributed by atoms with Crippen LogP contribution in [0.5, 0.6) is 5.75 Å². The van der Waals surface area contributed by atoms with Crippen LogP contribution < -0.4 is 4.74 Å². The van der Waals surface area contributed by atoms with E-state index in [-0.39, 0.29) is 0 Å². The molecule has 0 atom stereocenters. The minimum atomic E-state index is 0.586. The molecular formula is C21H31NOS. The van der Waals surface area contributed by atoms with Crippen LogP contribution in [0.3, 0.4) is 0 Å². The van der Waals surface area contributed by atoms with Crippen LogP contribution in [0.4, 0.5) is 0 Å². The molecule has 1 aromatic rings. The summed E-state index contributed by atoms with van der Waals surface area (Å²) < 4.78 is 6.26. The molecule has 0 unspecified atom stereocenters. The van der Waals surface area contributed by atoms with Crippen LogP contribution in [-0.4, -0.2) is 22.2 Å². The van der Waals surface area contributed by atoms with E-state index in [1.165, 1.54) is 69.8 Å². The second kappa shape index (κ2) is 8.84. The summed E-state index contributed by atoms with van der Waals surface area (Å²) in [6.07, 6.45) is 14.2. The van der Waals surface area contributed by atoms with Crippen molar-refractivity contribution >= 4 is 17.4 Å². The van der Waals surface area contributed by atoms with Crippen LogP contribution in [0, 0.1) is 0 Å². The maximum Gasteiger partial charge on any atom is 0.265 e. The number of ether oxygens (including phenoxy) is 1. The Labute approximate surface area is 152 Å². The second-order valence-electron chi connectivity index (χ2n) is 7.32. The topological polar surface area (TPSA) is 12.5 Å². The van der Waals surface area contributed by atoms with E-state index in [2.05, 4.69) is 30.0 Å². The predicted molar refractivity (Wildman–Crippen MR) is 105 cm³/mol. The Morgan fingerprint density at radius 2 is 1.50 bits per heavy atom. The summed E-state index contributed by atoms with van der Waals surface area (Å²) in [5.41, 5.74) is 1.24. The van der Waals surface area contributed by atoms with Crippen LogP contribution in [0.1, 0.15) is 76.7 Å². The van der Waals surface area contributed by atoms with Gasteiger partial charge >= 0.3 is 0 Å². The molecule has 132 valence electrons. The predicted octanol–water partition coefficient (Wildman–Crippen LogP) is 5.88.